The summed E-state index contributed by atoms with van der Waals surface area (Å²) in [6.07, 6.45) is 7.24. The zero-order valence-electron chi connectivity index (χ0n) is 10.2. The predicted octanol–water partition coefficient (Wildman–Crippen LogP) is 3.57. The molecule has 0 saturated heterocycles. The van der Waals surface area contributed by atoms with E-state index in [4.69, 9.17) is 0 Å². The first kappa shape index (κ1) is 9.86. The van der Waals surface area contributed by atoms with Gasteiger partial charge in [0.05, 0.1) is 0 Å². The van der Waals surface area contributed by atoms with E-state index >= 15 is 0 Å². The van der Waals surface area contributed by atoms with Crippen LogP contribution in [0.5, 0.6) is 0 Å². The molecule has 0 radical (unpaired) electrons. The maximum Gasteiger partial charge on any atom is 0.140 e. The van der Waals surface area contributed by atoms with Crippen LogP contribution in [0.3, 0.4) is 0 Å². The number of ketones is 1. The largest absolute Gasteiger partial charge is 0.299 e. The third kappa shape index (κ3) is 0.786. The molecule has 0 heterocycles. The van der Waals surface area contributed by atoms with Crippen LogP contribution in [0.1, 0.15) is 59.3 Å². The van der Waals surface area contributed by atoms with Crippen molar-refractivity contribution in [2.45, 2.75) is 59.3 Å². The first-order chi connectivity index (χ1) is 6.96. The molecule has 0 aromatic carbocycles. The van der Waals surface area contributed by atoms with E-state index in [9.17, 15) is 4.79 Å². The third-order valence-corrected chi connectivity index (χ3v) is 6.27. The molecule has 0 aromatic heterocycles. The molecule has 0 bridgehead atoms. The first-order valence-electron chi connectivity index (χ1n) is 6.50. The summed E-state index contributed by atoms with van der Waals surface area (Å²) in [5, 5.41) is 0. The summed E-state index contributed by atoms with van der Waals surface area (Å²) >= 11 is 0. The average Bonchev–Trinajstić information content (AvgIpc) is 2.68. The molecule has 0 spiro atoms. The van der Waals surface area contributed by atoms with Crippen molar-refractivity contribution in [3.63, 3.8) is 0 Å². The van der Waals surface area contributed by atoms with E-state index in [1.165, 1.54) is 32.1 Å². The fraction of sp³-hybridized carbons (Fsp3) is 0.929. The standard InChI is InChI=1S/C14H22O/c1-10-5-8-13-6-4-7-14(10,13)11(15)9-12(13,2)3/h10H,4-9H2,1-3H3/t10-,13+,14+/m1/s1. The predicted molar refractivity (Wildman–Crippen MR) is 60.5 cm³/mol. The summed E-state index contributed by atoms with van der Waals surface area (Å²) in [5.74, 6) is 1.25. The van der Waals surface area contributed by atoms with Crippen molar-refractivity contribution in [3.8, 4) is 0 Å². The molecule has 0 amide bonds. The van der Waals surface area contributed by atoms with Crippen LogP contribution in [0.25, 0.3) is 0 Å². The van der Waals surface area contributed by atoms with Crippen LogP contribution in [-0.4, -0.2) is 5.78 Å². The second kappa shape index (κ2) is 2.49. The van der Waals surface area contributed by atoms with Crippen molar-refractivity contribution in [2.75, 3.05) is 0 Å². The minimum atomic E-state index is 0.108. The molecule has 3 aliphatic rings. The van der Waals surface area contributed by atoms with Crippen LogP contribution in [0.4, 0.5) is 0 Å². The van der Waals surface area contributed by atoms with E-state index < -0.39 is 0 Å². The lowest BCUT2D eigenvalue weighted by molar-refractivity contribution is -0.129. The highest BCUT2D eigenvalue weighted by Crippen LogP contribution is 2.77. The number of carbonyl (C=O) groups is 1. The van der Waals surface area contributed by atoms with Gasteiger partial charge in [-0.25, -0.2) is 0 Å². The molecule has 0 N–H and O–H groups in total. The first-order valence-corrected chi connectivity index (χ1v) is 6.50. The van der Waals surface area contributed by atoms with Crippen LogP contribution in [0.15, 0.2) is 0 Å². The summed E-state index contributed by atoms with van der Waals surface area (Å²) in [5.41, 5.74) is 0.762. The van der Waals surface area contributed by atoms with Gasteiger partial charge in [-0.1, -0.05) is 27.2 Å². The van der Waals surface area contributed by atoms with Gasteiger partial charge in [-0.05, 0) is 42.4 Å². The van der Waals surface area contributed by atoms with Gasteiger partial charge in [-0.2, -0.15) is 0 Å². The SMILES string of the molecule is C[C@@H]1CC[C@]23CCC[C@@]12C(=O)CC3(C)C. The number of Topliss-reactive ketones (excluding diaryl/α,β-unsaturated/α-hetero) is 1. The maximum absolute atomic E-state index is 12.5. The van der Waals surface area contributed by atoms with Crippen molar-refractivity contribution in [2.24, 2.45) is 22.2 Å². The second-order valence-corrected chi connectivity index (χ2v) is 6.83. The molecule has 1 heteroatoms. The molecule has 3 aliphatic carbocycles. The minimum Gasteiger partial charge on any atom is -0.299 e. The van der Waals surface area contributed by atoms with Gasteiger partial charge in [0.2, 0.25) is 0 Å². The Kier molecular flexibility index (Phi) is 1.64. The fourth-order valence-electron chi connectivity index (χ4n) is 5.60. The van der Waals surface area contributed by atoms with Crippen LogP contribution < -0.4 is 0 Å². The number of hydrogen-bond donors (Lipinski definition) is 0. The molecule has 15 heavy (non-hydrogen) atoms. The van der Waals surface area contributed by atoms with Gasteiger partial charge in [-0.3, -0.25) is 4.79 Å². The number of rotatable bonds is 0. The maximum atomic E-state index is 12.5. The normalized spacial score (nSPS) is 51.9. The highest BCUT2D eigenvalue weighted by molar-refractivity contribution is 5.90. The zero-order chi connectivity index (χ0) is 10.9. The van der Waals surface area contributed by atoms with Crippen LogP contribution in [-0.2, 0) is 4.79 Å². The Balaban J connectivity index is 2.21. The quantitative estimate of drug-likeness (QED) is 0.592. The Labute approximate surface area is 92.6 Å². The van der Waals surface area contributed by atoms with Gasteiger partial charge < -0.3 is 0 Å². The highest BCUT2D eigenvalue weighted by atomic mass is 16.1. The highest BCUT2D eigenvalue weighted by Gasteiger charge is 2.73. The fourth-order valence-corrected chi connectivity index (χ4v) is 5.60. The summed E-state index contributed by atoms with van der Waals surface area (Å²) < 4.78 is 0. The van der Waals surface area contributed by atoms with Gasteiger partial charge >= 0.3 is 0 Å². The Morgan fingerprint density at radius 2 is 1.93 bits per heavy atom. The molecule has 84 valence electrons. The zero-order valence-corrected chi connectivity index (χ0v) is 10.2. The van der Waals surface area contributed by atoms with E-state index in [0.717, 1.165) is 6.42 Å². The van der Waals surface area contributed by atoms with Gasteiger partial charge in [0.15, 0.2) is 0 Å². The molecule has 3 saturated carbocycles. The van der Waals surface area contributed by atoms with Gasteiger partial charge in [0, 0.05) is 11.8 Å². The Hall–Kier alpha value is -0.330. The number of carbonyl (C=O) groups excluding carboxylic acids is 1. The Bertz CT molecular complexity index is 330. The van der Waals surface area contributed by atoms with Crippen molar-refractivity contribution in [1.82, 2.24) is 0 Å². The second-order valence-electron chi connectivity index (χ2n) is 6.83. The molecule has 3 rings (SSSR count). The summed E-state index contributed by atoms with van der Waals surface area (Å²) in [7, 11) is 0. The van der Waals surface area contributed by atoms with Gasteiger partial charge in [0.25, 0.3) is 0 Å². The van der Waals surface area contributed by atoms with Crippen molar-refractivity contribution in [3.05, 3.63) is 0 Å². The Morgan fingerprint density at radius 1 is 1.20 bits per heavy atom. The van der Waals surface area contributed by atoms with Crippen LogP contribution in [0.2, 0.25) is 0 Å². The van der Waals surface area contributed by atoms with Gasteiger partial charge in [0.1, 0.15) is 5.78 Å². The van der Waals surface area contributed by atoms with E-state index in [0.29, 0.717) is 17.1 Å². The summed E-state index contributed by atoms with van der Waals surface area (Å²) in [6.45, 7) is 7.01. The van der Waals surface area contributed by atoms with Crippen LogP contribution in [0, 0.1) is 22.2 Å². The minimum absolute atomic E-state index is 0.108. The molecule has 3 fully saturated rings. The molecule has 1 nitrogen and oxygen atoms in total. The monoisotopic (exact) mass is 206 g/mol. The molecular weight excluding hydrogens is 184 g/mol. The molecule has 3 atom stereocenters. The lowest BCUT2D eigenvalue weighted by Gasteiger charge is -2.43. The average molecular weight is 206 g/mol. The summed E-state index contributed by atoms with van der Waals surface area (Å²) in [4.78, 5) is 12.5. The Morgan fingerprint density at radius 3 is 2.60 bits per heavy atom. The van der Waals surface area contributed by atoms with E-state index in [1.807, 2.05) is 0 Å². The smallest absolute Gasteiger partial charge is 0.140 e. The van der Waals surface area contributed by atoms with Crippen molar-refractivity contribution in [1.29, 1.82) is 0 Å². The van der Waals surface area contributed by atoms with Crippen LogP contribution >= 0.6 is 0 Å². The van der Waals surface area contributed by atoms with Gasteiger partial charge in [-0.15, -0.1) is 0 Å². The third-order valence-electron chi connectivity index (χ3n) is 6.27. The molecule has 0 aliphatic heterocycles. The topological polar surface area (TPSA) is 17.1 Å². The van der Waals surface area contributed by atoms with Crippen molar-refractivity contribution < 1.29 is 4.79 Å². The molecule has 0 aromatic rings. The summed E-state index contributed by atoms with van der Waals surface area (Å²) in [6, 6.07) is 0. The molecule has 0 unspecified atom stereocenters. The van der Waals surface area contributed by atoms with E-state index in [-0.39, 0.29) is 10.8 Å². The lowest BCUT2D eigenvalue weighted by Crippen LogP contribution is -2.41. The van der Waals surface area contributed by atoms with E-state index in [1.54, 1.807) is 0 Å². The number of hydrogen-bond acceptors (Lipinski definition) is 1. The molecular formula is C14H22O. The lowest BCUT2D eigenvalue weighted by atomic mass is 9.59. The van der Waals surface area contributed by atoms with Crippen molar-refractivity contribution >= 4 is 5.78 Å². The van der Waals surface area contributed by atoms with E-state index in [2.05, 4.69) is 20.8 Å².